The van der Waals surface area contributed by atoms with Crippen molar-refractivity contribution >= 4 is 32.5 Å². The van der Waals surface area contributed by atoms with Gasteiger partial charge in [-0.15, -0.1) is 0 Å². The number of aromatic nitrogens is 1. The van der Waals surface area contributed by atoms with E-state index in [1.54, 1.807) is 48.7 Å². The van der Waals surface area contributed by atoms with Gasteiger partial charge in [-0.3, -0.25) is 14.5 Å². The van der Waals surface area contributed by atoms with Crippen molar-refractivity contribution in [2.75, 3.05) is 24.9 Å². The maximum Gasteiger partial charge on any atom is 0.264 e. The van der Waals surface area contributed by atoms with Gasteiger partial charge in [0.25, 0.3) is 15.9 Å². The highest BCUT2D eigenvalue weighted by Crippen LogP contribution is 2.31. The Morgan fingerprint density at radius 1 is 1.00 bits per heavy atom. The average Bonchev–Trinajstić information content (AvgIpc) is 3.04. The number of carbonyl (C=O) groups excluding carboxylic acids is 1. The van der Waals surface area contributed by atoms with E-state index in [2.05, 4.69) is 21.7 Å². The molecular weight excluding hydrogens is 412 g/mol. The third kappa shape index (κ3) is 3.66. The van der Waals surface area contributed by atoms with E-state index in [4.69, 9.17) is 0 Å². The summed E-state index contributed by atoms with van der Waals surface area (Å²) in [6.45, 7) is 1.80. The van der Waals surface area contributed by atoms with Crippen LogP contribution in [0, 0.1) is 0 Å². The number of hydrogen-bond donors (Lipinski definition) is 1. The smallest absolute Gasteiger partial charge is 0.264 e. The van der Waals surface area contributed by atoms with Gasteiger partial charge < -0.3 is 9.80 Å². The van der Waals surface area contributed by atoms with Gasteiger partial charge in [0.15, 0.2) is 0 Å². The standard InChI is InChI=1S/C23H24N4O3S/c1-26-14-19-11-12-20(15-26)27(19)23(28)17-7-9-18(10-8-17)25-31(29,30)21-6-2-4-16-5-3-13-24-22(16)21/h2-10,13,19-20,25H,11-12,14-15H2,1H3. The largest absolute Gasteiger partial charge is 0.330 e. The van der Waals surface area contributed by atoms with E-state index < -0.39 is 10.0 Å². The van der Waals surface area contributed by atoms with Crippen LogP contribution >= 0.6 is 0 Å². The number of carbonyl (C=O) groups is 1. The number of fused-ring (bicyclic) bond motifs is 3. The molecule has 0 saturated carbocycles. The molecule has 0 radical (unpaired) electrons. The molecule has 8 heteroatoms. The molecule has 2 bridgehead atoms. The van der Waals surface area contributed by atoms with Gasteiger partial charge in [0, 0.05) is 48.0 Å². The summed E-state index contributed by atoms with van der Waals surface area (Å²) in [4.78, 5) is 21.7. The van der Waals surface area contributed by atoms with Gasteiger partial charge in [-0.25, -0.2) is 8.42 Å². The predicted molar refractivity (Wildman–Crippen MR) is 119 cm³/mol. The molecule has 2 fully saturated rings. The Balaban J connectivity index is 1.36. The highest BCUT2D eigenvalue weighted by Gasteiger charge is 2.41. The van der Waals surface area contributed by atoms with Crippen LogP contribution < -0.4 is 4.72 Å². The second-order valence-corrected chi connectivity index (χ2v) is 9.98. The quantitative estimate of drug-likeness (QED) is 0.680. The number of sulfonamides is 1. The van der Waals surface area contributed by atoms with Gasteiger partial charge in [0.2, 0.25) is 0 Å². The van der Waals surface area contributed by atoms with Crippen molar-refractivity contribution in [1.29, 1.82) is 0 Å². The number of pyridine rings is 1. The monoisotopic (exact) mass is 436 g/mol. The van der Waals surface area contributed by atoms with Gasteiger partial charge >= 0.3 is 0 Å². The zero-order chi connectivity index (χ0) is 21.6. The lowest BCUT2D eigenvalue weighted by atomic mass is 10.1. The molecule has 2 aliphatic rings. The molecule has 1 amide bonds. The molecule has 2 aliphatic heterocycles. The number of nitrogens with one attached hydrogen (secondary N) is 1. The van der Waals surface area contributed by atoms with Crippen molar-refractivity contribution in [3.8, 4) is 0 Å². The molecule has 0 spiro atoms. The second-order valence-electron chi connectivity index (χ2n) is 8.33. The fourth-order valence-corrected chi connectivity index (χ4v) is 6.02. The summed E-state index contributed by atoms with van der Waals surface area (Å²) >= 11 is 0. The highest BCUT2D eigenvalue weighted by atomic mass is 32.2. The topological polar surface area (TPSA) is 82.6 Å². The molecule has 7 nitrogen and oxygen atoms in total. The predicted octanol–water partition coefficient (Wildman–Crippen LogP) is 2.95. The molecule has 1 aromatic heterocycles. The van der Waals surface area contributed by atoms with Crippen molar-refractivity contribution in [3.05, 3.63) is 66.4 Å². The number of amides is 1. The van der Waals surface area contributed by atoms with Crippen LogP contribution in [0.1, 0.15) is 23.2 Å². The normalized spacial score (nSPS) is 21.4. The first-order chi connectivity index (χ1) is 14.9. The van der Waals surface area contributed by atoms with Crippen LogP contribution in [0.3, 0.4) is 0 Å². The second kappa shape index (κ2) is 7.62. The first-order valence-corrected chi connectivity index (χ1v) is 11.9. The molecule has 2 atom stereocenters. The Morgan fingerprint density at radius 3 is 2.39 bits per heavy atom. The van der Waals surface area contributed by atoms with Crippen LogP contribution in [0.2, 0.25) is 0 Å². The van der Waals surface area contributed by atoms with Gasteiger partial charge in [-0.2, -0.15) is 0 Å². The van der Waals surface area contributed by atoms with Crippen molar-refractivity contribution in [1.82, 2.24) is 14.8 Å². The third-order valence-corrected chi connectivity index (χ3v) is 7.58. The number of anilines is 1. The summed E-state index contributed by atoms with van der Waals surface area (Å²) in [7, 11) is -1.72. The van der Waals surface area contributed by atoms with Crippen LogP contribution in [0.4, 0.5) is 5.69 Å². The summed E-state index contributed by atoms with van der Waals surface area (Å²) in [6, 6.07) is 15.8. The van der Waals surface area contributed by atoms with E-state index >= 15 is 0 Å². The highest BCUT2D eigenvalue weighted by molar-refractivity contribution is 7.93. The minimum Gasteiger partial charge on any atom is -0.330 e. The fraction of sp³-hybridized carbons (Fsp3) is 0.304. The molecule has 2 saturated heterocycles. The van der Waals surface area contributed by atoms with E-state index in [1.807, 2.05) is 17.0 Å². The van der Waals surface area contributed by atoms with Crippen LogP contribution in [-0.4, -0.2) is 61.3 Å². The van der Waals surface area contributed by atoms with Gasteiger partial charge in [-0.1, -0.05) is 18.2 Å². The number of para-hydroxylation sites is 1. The van der Waals surface area contributed by atoms with Crippen molar-refractivity contribution in [2.45, 2.75) is 29.8 Å². The van der Waals surface area contributed by atoms with E-state index in [0.29, 0.717) is 16.8 Å². The first kappa shape index (κ1) is 20.0. The molecule has 5 rings (SSSR count). The van der Waals surface area contributed by atoms with Crippen LogP contribution in [-0.2, 0) is 10.0 Å². The Kier molecular flexibility index (Phi) is 4.91. The van der Waals surface area contributed by atoms with Crippen LogP contribution in [0.15, 0.2) is 65.7 Å². The molecule has 31 heavy (non-hydrogen) atoms. The lowest BCUT2D eigenvalue weighted by Crippen LogP contribution is -2.54. The maximum absolute atomic E-state index is 13.1. The summed E-state index contributed by atoms with van der Waals surface area (Å²) in [5.41, 5.74) is 1.41. The average molecular weight is 437 g/mol. The summed E-state index contributed by atoms with van der Waals surface area (Å²) < 4.78 is 28.6. The number of benzene rings is 2. The zero-order valence-corrected chi connectivity index (χ0v) is 18.0. The molecule has 3 heterocycles. The molecule has 1 N–H and O–H groups in total. The van der Waals surface area contributed by atoms with Crippen LogP contribution in [0.5, 0.6) is 0 Å². The van der Waals surface area contributed by atoms with Crippen molar-refractivity contribution in [3.63, 3.8) is 0 Å². The number of likely N-dealkylation sites (tertiary alicyclic amines) is 1. The van der Waals surface area contributed by atoms with Gasteiger partial charge in [0.1, 0.15) is 4.90 Å². The number of hydrogen-bond acceptors (Lipinski definition) is 5. The first-order valence-electron chi connectivity index (χ1n) is 10.4. The molecular formula is C23H24N4O3S. The molecule has 160 valence electrons. The van der Waals surface area contributed by atoms with Crippen molar-refractivity contribution < 1.29 is 13.2 Å². The summed E-state index contributed by atoms with van der Waals surface area (Å²) in [6.07, 6.45) is 3.66. The lowest BCUT2D eigenvalue weighted by Gasteiger charge is -2.39. The van der Waals surface area contributed by atoms with Gasteiger partial charge in [0.05, 0.1) is 5.52 Å². The maximum atomic E-state index is 13.1. The SMILES string of the molecule is CN1CC2CCC(C1)N2C(=O)c1ccc(NS(=O)(=O)c2cccc3cccnc23)cc1. The molecule has 2 unspecified atom stereocenters. The molecule has 0 aliphatic carbocycles. The van der Waals surface area contributed by atoms with E-state index in [1.165, 1.54) is 0 Å². The number of piperazine rings is 1. The Labute approximate surface area is 181 Å². The third-order valence-electron chi connectivity index (χ3n) is 6.17. The summed E-state index contributed by atoms with van der Waals surface area (Å²) in [5, 5.41) is 0.758. The van der Waals surface area contributed by atoms with Gasteiger partial charge in [-0.05, 0) is 56.3 Å². The Bertz CT molecular complexity index is 1220. The summed E-state index contributed by atoms with van der Waals surface area (Å²) in [5.74, 6) is 0.0215. The van der Waals surface area contributed by atoms with Crippen molar-refractivity contribution in [2.24, 2.45) is 0 Å². The Hall–Kier alpha value is -2.97. The fourth-order valence-electron chi connectivity index (χ4n) is 4.78. The van der Waals surface area contributed by atoms with E-state index in [0.717, 1.165) is 31.3 Å². The molecule has 2 aromatic carbocycles. The minimum absolute atomic E-state index is 0.0215. The number of likely N-dealkylation sites (N-methyl/N-ethyl adjacent to an activating group) is 1. The van der Waals surface area contributed by atoms with E-state index in [-0.39, 0.29) is 22.9 Å². The van der Waals surface area contributed by atoms with Crippen LogP contribution in [0.25, 0.3) is 10.9 Å². The zero-order valence-electron chi connectivity index (χ0n) is 17.2. The Morgan fingerprint density at radius 2 is 1.68 bits per heavy atom. The van der Waals surface area contributed by atoms with E-state index in [9.17, 15) is 13.2 Å². The number of nitrogens with zero attached hydrogens (tertiary/aromatic N) is 3. The minimum atomic E-state index is -3.82. The molecule has 3 aromatic rings. The number of rotatable bonds is 4. The lowest BCUT2D eigenvalue weighted by molar-refractivity contribution is 0.0473.